The predicted molar refractivity (Wildman–Crippen MR) is 72.1 cm³/mol. The number of aromatic nitrogens is 2. The van der Waals surface area contributed by atoms with E-state index in [1.165, 1.54) is 12.1 Å². The average Bonchev–Trinajstić information content (AvgIpc) is 3.11. The normalized spacial score (nSPS) is 14.8. The van der Waals surface area contributed by atoms with E-state index in [0.29, 0.717) is 21.4 Å². The highest BCUT2D eigenvalue weighted by atomic mass is 79.9. The summed E-state index contributed by atoms with van der Waals surface area (Å²) in [6.45, 7) is 0. The van der Waals surface area contributed by atoms with Crippen LogP contribution in [0.3, 0.4) is 0 Å². The van der Waals surface area contributed by atoms with Gasteiger partial charge in [-0.1, -0.05) is 11.6 Å². The number of benzene rings is 1. The van der Waals surface area contributed by atoms with E-state index in [2.05, 4.69) is 25.9 Å². The lowest BCUT2D eigenvalue weighted by Crippen LogP contribution is -1.95. The summed E-state index contributed by atoms with van der Waals surface area (Å²) in [5, 5.41) is 0.429. The van der Waals surface area contributed by atoms with Gasteiger partial charge in [-0.3, -0.25) is 0 Å². The molecule has 1 heterocycles. The van der Waals surface area contributed by atoms with Gasteiger partial charge in [-0.05, 0) is 53.0 Å². The number of nitrogens with zero attached hydrogens (tertiary/aromatic N) is 2. The maximum Gasteiger partial charge on any atom is 0.162 e. The van der Waals surface area contributed by atoms with Crippen LogP contribution in [-0.4, -0.2) is 9.97 Å². The first-order chi connectivity index (χ1) is 8.63. The Morgan fingerprint density at radius 2 is 2.00 bits per heavy atom. The third-order valence-electron chi connectivity index (χ3n) is 2.88. The fourth-order valence-corrected chi connectivity index (χ4v) is 2.53. The SMILES string of the molecule is Fc1ccc(-c2nc(Cl)cc(C3CC3)n2)c(Br)c1. The monoisotopic (exact) mass is 326 g/mol. The molecule has 1 aromatic carbocycles. The van der Waals surface area contributed by atoms with Crippen LogP contribution in [0.5, 0.6) is 0 Å². The van der Waals surface area contributed by atoms with Gasteiger partial charge in [0.25, 0.3) is 0 Å². The zero-order valence-corrected chi connectivity index (χ0v) is 11.7. The topological polar surface area (TPSA) is 25.8 Å². The van der Waals surface area contributed by atoms with Crippen LogP contribution in [0.1, 0.15) is 24.5 Å². The standard InChI is InChI=1S/C13H9BrClFN2/c14-10-5-8(16)3-4-9(10)13-17-11(7-1-2-7)6-12(15)18-13/h3-7H,1-2H2. The summed E-state index contributed by atoms with van der Waals surface area (Å²) in [7, 11) is 0. The number of rotatable bonds is 2. The van der Waals surface area contributed by atoms with Gasteiger partial charge in [-0.25, -0.2) is 14.4 Å². The van der Waals surface area contributed by atoms with Crippen LogP contribution < -0.4 is 0 Å². The van der Waals surface area contributed by atoms with Crippen LogP contribution >= 0.6 is 27.5 Å². The number of hydrogen-bond donors (Lipinski definition) is 0. The van der Waals surface area contributed by atoms with E-state index in [0.717, 1.165) is 24.1 Å². The maximum atomic E-state index is 13.1. The maximum absolute atomic E-state index is 13.1. The van der Waals surface area contributed by atoms with E-state index in [-0.39, 0.29) is 5.82 Å². The van der Waals surface area contributed by atoms with Crippen molar-refractivity contribution < 1.29 is 4.39 Å². The molecule has 0 spiro atoms. The molecular formula is C13H9BrClFN2. The predicted octanol–water partition coefficient (Wildman–Crippen LogP) is 4.58. The third-order valence-corrected chi connectivity index (χ3v) is 3.73. The molecule has 1 saturated carbocycles. The fraction of sp³-hybridized carbons (Fsp3) is 0.231. The zero-order valence-electron chi connectivity index (χ0n) is 9.33. The Kier molecular flexibility index (Phi) is 3.08. The fourth-order valence-electron chi connectivity index (χ4n) is 1.81. The van der Waals surface area contributed by atoms with Crippen LogP contribution in [0, 0.1) is 5.82 Å². The Labute approximate surface area is 117 Å². The summed E-state index contributed by atoms with van der Waals surface area (Å²) >= 11 is 9.34. The van der Waals surface area contributed by atoms with Gasteiger partial charge in [0.1, 0.15) is 11.0 Å². The molecule has 0 saturated heterocycles. The summed E-state index contributed by atoms with van der Waals surface area (Å²) in [6.07, 6.45) is 2.30. The van der Waals surface area contributed by atoms with Crippen molar-refractivity contribution in [1.29, 1.82) is 0 Å². The molecule has 3 rings (SSSR count). The van der Waals surface area contributed by atoms with Gasteiger partial charge in [-0.15, -0.1) is 0 Å². The molecule has 5 heteroatoms. The molecule has 92 valence electrons. The average molecular weight is 328 g/mol. The van der Waals surface area contributed by atoms with Gasteiger partial charge in [-0.2, -0.15) is 0 Å². The minimum Gasteiger partial charge on any atom is -0.233 e. The molecule has 1 aliphatic carbocycles. The molecule has 0 radical (unpaired) electrons. The molecule has 1 aromatic heterocycles. The summed E-state index contributed by atoms with van der Waals surface area (Å²) in [5.74, 6) is 0.745. The molecule has 1 fully saturated rings. The van der Waals surface area contributed by atoms with Crippen molar-refractivity contribution in [1.82, 2.24) is 9.97 Å². The van der Waals surface area contributed by atoms with Gasteiger partial charge in [0.2, 0.25) is 0 Å². The lowest BCUT2D eigenvalue weighted by atomic mass is 10.2. The highest BCUT2D eigenvalue weighted by molar-refractivity contribution is 9.10. The molecule has 1 aliphatic rings. The molecule has 0 unspecified atom stereocenters. The molecule has 0 aliphatic heterocycles. The van der Waals surface area contributed by atoms with E-state index >= 15 is 0 Å². The van der Waals surface area contributed by atoms with Gasteiger partial charge in [0.05, 0.1) is 0 Å². The highest BCUT2D eigenvalue weighted by Crippen LogP contribution is 2.40. The summed E-state index contributed by atoms with van der Waals surface area (Å²) in [6, 6.07) is 6.25. The molecule has 0 N–H and O–H groups in total. The second-order valence-corrected chi connectivity index (χ2v) is 5.58. The quantitative estimate of drug-likeness (QED) is 0.755. The van der Waals surface area contributed by atoms with E-state index in [9.17, 15) is 4.39 Å². The summed E-state index contributed by atoms with van der Waals surface area (Å²) < 4.78 is 13.7. The van der Waals surface area contributed by atoms with Crippen LogP contribution in [0.15, 0.2) is 28.7 Å². The Bertz CT molecular complexity index is 614. The van der Waals surface area contributed by atoms with Crippen molar-refractivity contribution in [2.24, 2.45) is 0 Å². The van der Waals surface area contributed by atoms with Crippen LogP contribution in [0.2, 0.25) is 5.15 Å². The molecule has 0 amide bonds. The largest absolute Gasteiger partial charge is 0.233 e. The van der Waals surface area contributed by atoms with Crippen molar-refractivity contribution in [2.75, 3.05) is 0 Å². The first-order valence-corrected chi connectivity index (χ1v) is 6.80. The van der Waals surface area contributed by atoms with Crippen LogP contribution in [0.25, 0.3) is 11.4 Å². The van der Waals surface area contributed by atoms with Crippen LogP contribution in [0.4, 0.5) is 4.39 Å². The lowest BCUT2D eigenvalue weighted by molar-refractivity contribution is 0.627. The van der Waals surface area contributed by atoms with Gasteiger partial charge < -0.3 is 0 Å². The third kappa shape index (κ3) is 2.40. The molecule has 18 heavy (non-hydrogen) atoms. The van der Waals surface area contributed by atoms with Gasteiger partial charge >= 0.3 is 0 Å². The Morgan fingerprint density at radius 1 is 1.22 bits per heavy atom. The Hall–Kier alpha value is -1.00. The second-order valence-electron chi connectivity index (χ2n) is 4.34. The molecule has 0 atom stereocenters. The van der Waals surface area contributed by atoms with Crippen molar-refractivity contribution >= 4 is 27.5 Å². The molecule has 2 aromatic rings. The van der Waals surface area contributed by atoms with E-state index in [1.54, 1.807) is 12.1 Å². The second kappa shape index (κ2) is 4.59. The minimum absolute atomic E-state index is 0.296. The summed E-state index contributed by atoms with van der Waals surface area (Å²) in [5.41, 5.74) is 1.72. The van der Waals surface area contributed by atoms with Crippen molar-refractivity contribution in [3.8, 4) is 11.4 Å². The van der Waals surface area contributed by atoms with Crippen molar-refractivity contribution in [3.63, 3.8) is 0 Å². The molecule has 2 nitrogen and oxygen atoms in total. The van der Waals surface area contributed by atoms with Gasteiger partial charge in [0.15, 0.2) is 5.82 Å². The molecular weight excluding hydrogens is 319 g/mol. The smallest absolute Gasteiger partial charge is 0.162 e. The van der Waals surface area contributed by atoms with Crippen molar-refractivity contribution in [2.45, 2.75) is 18.8 Å². The van der Waals surface area contributed by atoms with Crippen LogP contribution in [-0.2, 0) is 0 Å². The van der Waals surface area contributed by atoms with Crippen molar-refractivity contribution in [3.05, 3.63) is 45.4 Å². The number of hydrogen-bond acceptors (Lipinski definition) is 2. The first kappa shape index (κ1) is 12.1. The van der Waals surface area contributed by atoms with Gasteiger partial charge in [0, 0.05) is 21.6 Å². The zero-order chi connectivity index (χ0) is 12.7. The molecule has 0 bridgehead atoms. The number of halogens is 3. The summed E-state index contributed by atoms with van der Waals surface area (Å²) in [4.78, 5) is 8.71. The first-order valence-electron chi connectivity index (χ1n) is 5.63. The lowest BCUT2D eigenvalue weighted by Gasteiger charge is -2.06. The Morgan fingerprint density at radius 3 is 2.67 bits per heavy atom. The van der Waals surface area contributed by atoms with E-state index in [1.807, 2.05) is 0 Å². The van der Waals surface area contributed by atoms with E-state index in [4.69, 9.17) is 11.6 Å². The Balaban J connectivity index is 2.10. The minimum atomic E-state index is -0.296. The highest BCUT2D eigenvalue weighted by Gasteiger charge is 2.26. The van der Waals surface area contributed by atoms with E-state index < -0.39 is 0 Å².